The summed E-state index contributed by atoms with van der Waals surface area (Å²) in [7, 11) is 0. The Balaban J connectivity index is 1.29. The van der Waals surface area contributed by atoms with Gasteiger partial charge in [-0.05, 0) is 66.8 Å². The van der Waals surface area contributed by atoms with Gasteiger partial charge in [0.25, 0.3) is 0 Å². The molecule has 44 heavy (non-hydrogen) atoms. The number of rotatable bonds is 3. The largest absolute Gasteiger partial charge is 0.479 e. The summed E-state index contributed by atoms with van der Waals surface area (Å²) < 4.78 is 0. The van der Waals surface area contributed by atoms with E-state index < -0.39 is 17.5 Å². The Morgan fingerprint density at radius 3 is 1.80 bits per heavy atom. The number of urea groups is 2. The summed E-state index contributed by atoms with van der Waals surface area (Å²) >= 11 is 0. The molecule has 8 rings (SSSR count). The molecule has 0 aromatic heterocycles. The summed E-state index contributed by atoms with van der Waals surface area (Å²) in [6.45, 7) is 0.00563. The van der Waals surface area contributed by atoms with Gasteiger partial charge >= 0.3 is 18.0 Å². The molecule has 4 aliphatic rings. The Morgan fingerprint density at radius 2 is 1.25 bits per heavy atom. The van der Waals surface area contributed by atoms with E-state index in [-0.39, 0.29) is 31.6 Å². The molecular formula is C36H32N4O4. The molecule has 3 fully saturated rings. The highest BCUT2D eigenvalue weighted by Crippen LogP contribution is 2.42. The van der Waals surface area contributed by atoms with Crippen LogP contribution in [0, 0.1) is 0 Å². The molecule has 0 saturated carbocycles. The van der Waals surface area contributed by atoms with Crippen molar-refractivity contribution in [3.63, 3.8) is 0 Å². The first kappa shape index (κ1) is 27.5. The van der Waals surface area contributed by atoms with E-state index in [1.165, 1.54) is 4.90 Å². The van der Waals surface area contributed by atoms with Crippen molar-refractivity contribution >= 4 is 52.9 Å². The third-order valence-electron chi connectivity index (χ3n) is 8.99. The number of hydrogen-bond donors (Lipinski definition) is 1. The number of amides is 4. The molecule has 1 N–H and O–H groups in total. The number of fused-ring (bicyclic) bond motifs is 6. The lowest BCUT2D eigenvalue weighted by Crippen LogP contribution is -2.71. The van der Waals surface area contributed by atoms with Crippen LogP contribution in [0.5, 0.6) is 0 Å². The number of hydrogen-bond acceptors (Lipinski definition) is 3. The molecule has 220 valence electrons. The molecular weight excluding hydrogens is 552 g/mol. The van der Waals surface area contributed by atoms with Crippen molar-refractivity contribution in [1.29, 1.82) is 0 Å². The molecule has 4 heterocycles. The molecule has 0 spiro atoms. The van der Waals surface area contributed by atoms with E-state index in [1.54, 1.807) is 14.7 Å². The minimum Gasteiger partial charge on any atom is -0.479 e. The maximum absolute atomic E-state index is 14.7. The number of para-hydroxylation sites is 4. The van der Waals surface area contributed by atoms with E-state index >= 15 is 0 Å². The number of anilines is 4. The minimum atomic E-state index is -1.59. The van der Waals surface area contributed by atoms with Gasteiger partial charge < -0.3 is 14.9 Å². The van der Waals surface area contributed by atoms with Crippen LogP contribution in [-0.2, 0) is 4.79 Å². The smallest absolute Gasteiger partial charge is 0.331 e. The summed E-state index contributed by atoms with van der Waals surface area (Å²) in [6, 6.07) is 32.9. The first-order valence-electron chi connectivity index (χ1n) is 14.9. The molecule has 4 aromatic rings. The zero-order valence-electron chi connectivity index (χ0n) is 24.1. The fraction of sp³-hybridized carbons (Fsp3) is 0.194. The van der Waals surface area contributed by atoms with Crippen molar-refractivity contribution in [3.05, 3.63) is 120 Å². The highest BCUT2D eigenvalue weighted by molar-refractivity contribution is 6.07. The monoisotopic (exact) mass is 584 g/mol. The van der Waals surface area contributed by atoms with Crippen LogP contribution in [-0.4, -0.2) is 57.6 Å². The predicted octanol–water partition coefficient (Wildman–Crippen LogP) is 7.38. The summed E-state index contributed by atoms with van der Waals surface area (Å²) in [5.74, 6) is -1.11. The van der Waals surface area contributed by atoms with E-state index in [1.807, 2.05) is 121 Å². The molecule has 0 aliphatic carbocycles. The zero-order valence-corrected chi connectivity index (χ0v) is 24.1. The second kappa shape index (κ2) is 11.0. The van der Waals surface area contributed by atoms with Crippen LogP contribution < -0.4 is 9.80 Å². The second-order valence-corrected chi connectivity index (χ2v) is 11.5. The number of nitrogens with zero attached hydrogens (tertiary/aromatic N) is 4. The van der Waals surface area contributed by atoms with Crippen LogP contribution in [0.15, 0.2) is 109 Å². The first-order chi connectivity index (χ1) is 21.5. The molecule has 2 bridgehead atoms. The Morgan fingerprint density at radius 1 is 0.727 bits per heavy atom. The van der Waals surface area contributed by atoms with E-state index in [2.05, 4.69) is 0 Å². The SMILES string of the molecule is O=C(N1c2ccccc2C=Cc2ccccc21)N1C[C@]2(C(=O)O)CCC[C@H]1CN2C(=O)N(c1ccccc1)c1ccccc1. The van der Waals surface area contributed by atoms with E-state index in [0.29, 0.717) is 24.2 Å². The molecule has 4 aromatic carbocycles. The van der Waals surface area contributed by atoms with Gasteiger partial charge in [-0.3, -0.25) is 9.80 Å². The van der Waals surface area contributed by atoms with Crippen molar-refractivity contribution < 1.29 is 19.5 Å². The third-order valence-corrected chi connectivity index (χ3v) is 8.99. The average Bonchev–Trinajstić information content (AvgIpc) is 3.45. The van der Waals surface area contributed by atoms with Crippen molar-refractivity contribution in [2.45, 2.75) is 30.8 Å². The highest BCUT2D eigenvalue weighted by Gasteiger charge is 2.57. The topological polar surface area (TPSA) is 84.4 Å². The van der Waals surface area contributed by atoms with Gasteiger partial charge in [-0.1, -0.05) is 84.9 Å². The molecule has 0 radical (unpaired) electrons. The number of carboxylic acid groups (broad SMARTS) is 1. The number of benzene rings is 4. The van der Waals surface area contributed by atoms with Gasteiger partial charge in [0.15, 0.2) is 5.54 Å². The molecule has 2 atom stereocenters. The Kier molecular flexibility index (Phi) is 6.89. The van der Waals surface area contributed by atoms with Gasteiger partial charge in [0.05, 0.1) is 35.3 Å². The van der Waals surface area contributed by atoms with Crippen molar-refractivity contribution in [3.8, 4) is 0 Å². The number of carboxylic acids is 1. The van der Waals surface area contributed by atoms with Crippen LogP contribution in [0.2, 0.25) is 0 Å². The Labute approximate surface area is 256 Å². The van der Waals surface area contributed by atoms with Crippen LogP contribution in [0.25, 0.3) is 12.2 Å². The van der Waals surface area contributed by atoms with E-state index in [4.69, 9.17) is 0 Å². The summed E-state index contributed by atoms with van der Waals surface area (Å²) in [5, 5.41) is 10.9. The third kappa shape index (κ3) is 4.50. The summed E-state index contributed by atoms with van der Waals surface area (Å²) in [5.41, 5.74) is 2.94. The van der Waals surface area contributed by atoms with Gasteiger partial charge in [-0.15, -0.1) is 0 Å². The first-order valence-corrected chi connectivity index (χ1v) is 14.9. The average molecular weight is 585 g/mol. The maximum atomic E-state index is 14.7. The van der Waals surface area contributed by atoms with Crippen molar-refractivity contribution in [2.24, 2.45) is 0 Å². The van der Waals surface area contributed by atoms with Crippen LogP contribution in [0.3, 0.4) is 0 Å². The van der Waals surface area contributed by atoms with Gasteiger partial charge in [0.2, 0.25) is 0 Å². The van der Waals surface area contributed by atoms with E-state index in [9.17, 15) is 19.5 Å². The number of aliphatic carboxylic acids is 1. The molecule has 0 unspecified atom stereocenters. The predicted molar refractivity (Wildman–Crippen MR) is 171 cm³/mol. The number of carbonyl (C=O) groups excluding carboxylic acids is 2. The minimum absolute atomic E-state index is 0.108. The molecule has 4 aliphatic heterocycles. The van der Waals surface area contributed by atoms with Crippen molar-refractivity contribution in [1.82, 2.24) is 9.80 Å². The lowest BCUT2D eigenvalue weighted by atomic mass is 9.90. The fourth-order valence-corrected chi connectivity index (χ4v) is 6.80. The summed E-state index contributed by atoms with van der Waals surface area (Å²) in [6.07, 6.45) is 5.42. The second-order valence-electron chi connectivity index (χ2n) is 11.5. The van der Waals surface area contributed by atoms with Crippen LogP contribution in [0.4, 0.5) is 32.3 Å². The standard InChI is InChI=1S/C36H32N4O4/c41-33(42)36-23-11-18-30(24-38(36)35(44)39(28-14-3-1-4-15-28)29-16-5-2-6-17-29)37(25-36)34(43)40-31-19-9-7-12-26(31)21-22-27-13-8-10-20-32(27)40/h1-10,12-17,19-22,30H,11,18,23-25H2,(H,41,42)/t30-,36-/m0/s1. The zero-order chi connectivity index (χ0) is 30.3. The quantitative estimate of drug-likeness (QED) is 0.272. The maximum Gasteiger partial charge on any atom is 0.331 e. The van der Waals surface area contributed by atoms with E-state index in [0.717, 1.165) is 22.5 Å². The van der Waals surface area contributed by atoms with Crippen molar-refractivity contribution in [2.75, 3.05) is 22.9 Å². The summed E-state index contributed by atoms with van der Waals surface area (Å²) in [4.78, 5) is 49.1. The van der Waals surface area contributed by atoms with Gasteiger partial charge in [0, 0.05) is 6.54 Å². The van der Waals surface area contributed by atoms with Crippen LogP contribution >= 0.6 is 0 Å². The van der Waals surface area contributed by atoms with Crippen LogP contribution in [0.1, 0.15) is 30.4 Å². The van der Waals surface area contributed by atoms with Gasteiger partial charge in [-0.2, -0.15) is 0 Å². The Hall–Kier alpha value is -5.37. The number of carbonyl (C=O) groups is 3. The fourth-order valence-electron chi connectivity index (χ4n) is 6.80. The van der Waals surface area contributed by atoms with Gasteiger partial charge in [0.1, 0.15) is 0 Å². The molecule has 8 nitrogen and oxygen atoms in total. The normalized spacial score (nSPS) is 20.3. The lowest BCUT2D eigenvalue weighted by Gasteiger charge is -2.51. The molecule has 3 saturated heterocycles. The van der Waals surface area contributed by atoms with Gasteiger partial charge in [-0.25, -0.2) is 14.4 Å². The Bertz CT molecular complexity index is 1670. The molecule has 4 amide bonds. The number of piperazine rings is 1. The lowest BCUT2D eigenvalue weighted by molar-refractivity contribution is -0.153. The highest BCUT2D eigenvalue weighted by atomic mass is 16.4. The molecule has 8 heteroatoms.